The quantitative estimate of drug-likeness (QED) is 0.771. The summed E-state index contributed by atoms with van der Waals surface area (Å²) in [5.41, 5.74) is 2.28. The number of anilines is 1. The first-order valence-electron chi connectivity index (χ1n) is 9.56. The van der Waals surface area contributed by atoms with Gasteiger partial charge in [0.25, 0.3) is 5.91 Å². The molecule has 0 radical (unpaired) electrons. The monoisotopic (exact) mass is 398 g/mol. The lowest BCUT2D eigenvalue weighted by Crippen LogP contribution is -2.38. The molecule has 0 unspecified atom stereocenters. The van der Waals surface area contributed by atoms with Crippen LogP contribution < -0.4 is 19.7 Å². The second kappa shape index (κ2) is 9.45. The molecule has 0 spiro atoms. The van der Waals surface area contributed by atoms with Crippen LogP contribution in [0.1, 0.15) is 43.6 Å². The highest BCUT2D eigenvalue weighted by Crippen LogP contribution is 2.31. The van der Waals surface area contributed by atoms with Crippen LogP contribution in [0.5, 0.6) is 11.5 Å². The van der Waals surface area contributed by atoms with Gasteiger partial charge >= 0.3 is 0 Å². The average molecular weight is 399 g/mol. The fraction of sp³-hybridized carbons (Fsp3) is 0.391. The molecule has 0 aliphatic carbocycles. The molecule has 2 aromatic rings. The van der Waals surface area contributed by atoms with E-state index in [0.29, 0.717) is 30.2 Å². The van der Waals surface area contributed by atoms with Gasteiger partial charge in [-0.05, 0) is 29.2 Å². The highest BCUT2D eigenvalue weighted by atomic mass is 16.5. The summed E-state index contributed by atoms with van der Waals surface area (Å²) >= 11 is 0. The van der Waals surface area contributed by atoms with Crippen molar-refractivity contribution < 1.29 is 19.1 Å². The summed E-state index contributed by atoms with van der Waals surface area (Å²) in [5.74, 6) is 0.756. The van der Waals surface area contributed by atoms with Gasteiger partial charge in [0.15, 0.2) is 0 Å². The third kappa shape index (κ3) is 5.73. The van der Waals surface area contributed by atoms with Gasteiger partial charge in [-0.25, -0.2) is 0 Å². The SMILES string of the molecule is COc1cc(OC)cc(C(=O)NCCN(C(C)=O)c2ccccc2C(C)(C)C)c1. The van der Waals surface area contributed by atoms with Crippen LogP contribution >= 0.6 is 0 Å². The lowest BCUT2D eigenvalue weighted by molar-refractivity contribution is -0.116. The second-order valence-electron chi connectivity index (χ2n) is 7.80. The number of carbonyl (C=O) groups excluding carboxylic acids is 2. The second-order valence-corrected chi connectivity index (χ2v) is 7.80. The van der Waals surface area contributed by atoms with E-state index in [1.54, 1.807) is 23.1 Å². The molecule has 6 nitrogen and oxygen atoms in total. The van der Waals surface area contributed by atoms with Crippen LogP contribution in [0.25, 0.3) is 0 Å². The maximum absolute atomic E-state index is 12.6. The molecule has 2 rings (SSSR count). The minimum atomic E-state index is -0.255. The van der Waals surface area contributed by atoms with Crippen LogP contribution in [-0.2, 0) is 10.2 Å². The van der Waals surface area contributed by atoms with Crippen LogP contribution in [0.15, 0.2) is 42.5 Å². The Hall–Kier alpha value is -3.02. The molecular weight excluding hydrogens is 368 g/mol. The fourth-order valence-corrected chi connectivity index (χ4v) is 3.11. The first-order valence-corrected chi connectivity index (χ1v) is 9.56. The Bertz CT molecular complexity index is 849. The predicted octanol–water partition coefficient (Wildman–Crippen LogP) is 3.78. The van der Waals surface area contributed by atoms with E-state index in [0.717, 1.165) is 11.3 Å². The van der Waals surface area contributed by atoms with E-state index >= 15 is 0 Å². The number of benzene rings is 2. The molecule has 0 fully saturated rings. The number of hydrogen-bond acceptors (Lipinski definition) is 4. The molecule has 0 bridgehead atoms. The van der Waals surface area contributed by atoms with E-state index in [4.69, 9.17) is 9.47 Å². The molecule has 0 heterocycles. The van der Waals surface area contributed by atoms with Crippen molar-refractivity contribution in [2.75, 3.05) is 32.2 Å². The first kappa shape index (κ1) is 22.3. The largest absolute Gasteiger partial charge is 0.497 e. The van der Waals surface area contributed by atoms with E-state index in [1.165, 1.54) is 21.1 Å². The van der Waals surface area contributed by atoms with E-state index in [9.17, 15) is 9.59 Å². The Kier molecular flexibility index (Phi) is 7.26. The van der Waals surface area contributed by atoms with Gasteiger partial charge in [0.05, 0.1) is 14.2 Å². The van der Waals surface area contributed by atoms with Crippen LogP contribution in [-0.4, -0.2) is 39.1 Å². The molecule has 2 amide bonds. The summed E-state index contributed by atoms with van der Waals surface area (Å²) in [4.78, 5) is 26.6. The van der Waals surface area contributed by atoms with Crippen LogP contribution in [0.4, 0.5) is 5.69 Å². The van der Waals surface area contributed by atoms with Gasteiger partial charge < -0.3 is 19.7 Å². The molecule has 0 saturated carbocycles. The molecule has 1 N–H and O–H groups in total. The van der Waals surface area contributed by atoms with Crippen molar-refractivity contribution in [1.82, 2.24) is 5.32 Å². The highest BCUT2D eigenvalue weighted by molar-refractivity contribution is 5.95. The van der Waals surface area contributed by atoms with Crippen LogP contribution in [0.2, 0.25) is 0 Å². The molecule has 0 aliphatic rings. The summed E-state index contributed by atoms with van der Waals surface area (Å²) in [5, 5.41) is 2.87. The van der Waals surface area contributed by atoms with Gasteiger partial charge in [-0.15, -0.1) is 0 Å². The molecule has 2 aromatic carbocycles. The third-order valence-electron chi connectivity index (χ3n) is 4.62. The summed E-state index contributed by atoms with van der Waals surface area (Å²) in [6.07, 6.45) is 0. The molecular formula is C23H30N2O4. The van der Waals surface area contributed by atoms with Crippen molar-refractivity contribution in [2.45, 2.75) is 33.1 Å². The Morgan fingerprint density at radius 3 is 2.10 bits per heavy atom. The number of rotatable bonds is 7. The summed E-state index contributed by atoms with van der Waals surface area (Å²) in [6, 6.07) is 12.9. The van der Waals surface area contributed by atoms with Gasteiger partial charge in [0, 0.05) is 37.3 Å². The topological polar surface area (TPSA) is 67.9 Å². The van der Waals surface area contributed by atoms with Gasteiger partial charge in [-0.1, -0.05) is 39.0 Å². The van der Waals surface area contributed by atoms with Crippen molar-refractivity contribution in [1.29, 1.82) is 0 Å². The van der Waals surface area contributed by atoms with E-state index < -0.39 is 0 Å². The van der Waals surface area contributed by atoms with Crippen molar-refractivity contribution in [2.24, 2.45) is 0 Å². The van der Waals surface area contributed by atoms with Gasteiger partial charge in [0.2, 0.25) is 5.91 Å². The van der Waals surface area contributed by atoms with Gasteiger partial charge in [-0.3, -0.25) is 9.59 Å². The molecule has 0 aliphatic heterocycles. The maximum Gasteiger partial charge on any atom is 0.251 e. The Labute approximate surface area is 172 Å². The van der Waals surface area contributed by atoms with Gasteiger partial charge in [-0.2, -0.15) is 0 Å². The van der Waals surface area contributed by atoms with Crippen molar-refractivity contribution in [3.05, 3.63) is 53.6 Å². The van der Waals surface area contributed by atoms with Crippen molar-refractivity contribution >= 4 is 17.5 Å². The minimum Gasteiger partial charge on any atom is -0.497 e. The van der Waals surface area contributed by atoms with E-state index in [1.807, 2.05) is 24.3 Å². The normalized spacial score (nSPS) is 11.0. The summed E-state index contributed by atoms with van der Waals surface area (Å²) in [6.45, 7) is 8.56. The molecule has 0 saturated heterocycles. The maximum atomic E-state index is 12.6. The summed E-state index contributed by atoms with van der Waals surface area (Å²) in [7, 11) is 3.07. The predicted molar refractivity (Wildman–Crippen MR) is 115 cm³/mol. The number of nitrogens with zero attached hydrogens (tertiary/aromatic N) is 1. The zero-order valence-electron chi connectivity index (χ0n) is 18.0. The fourth-order valence-electron chi connectivity index (χ4n) is 3.11. The molecule has 29 heavy (non-hydrogen) atoms. The number of methoxy groups -OCH3 is 2. The molecule has 156 valence electrons. The number of ether oxygens (including phenoxy) is 2. The zero-order chi connectivity index (χ0) is 21.6. The van der Waals surface area contributed by atoms with Crippen LogP contribution in [0.3, 0.4) is 0 Å². The Morgan fingerprint density at radius 1 is 1.00 bits per heavy atom. The number of hydrogen-bond donors (Lipinski definition) is 1. The number of amides is 2. The number of carbonyl (C=O) groups is 2. The van der Waals surface area contributed by atoms with E-state index in [2.05, 4.69) is 26.1 Å². The minimum absolute atomic E-state index is 0.0704. The average Bonchev–Trinajstić information content (AvgIpc) is 2.69. The van der Waals surface area contributed by atoms with Crippen molar-refractivity contribution in [3.8, 4) is 11.5 Å². The lowest BCUT2D eigenvalue weighted by Gasteiger charge is -2.29. The summed E-state index contributed by atoms with van der Waals surface area (Å²) < 4.78 is 10.4. The number of para-hydroxylation sites is 1. The smallest absolute Gasteiger partial charge is 0.251 e. The molecule has 6 heteroatoms. The van der Waals surface area contributed by atoms with Crippen molar-refractivity contribution in [3.63, 3.8) is 0 Å². The molecule has 0 atom stereocenters. The highest BCUT2D eigenvalue weighted by Gasteiger charge is 2.22. The number of nitrogens with one attached hydrogen (secondary N) is 1. The van der Waals surface area contributed by atoms with Crippen LogP contribution in [0, 0.1) is 0 Å². The standard InChI is InChI=1S/C23H30N2O4/c1-16(26)25(21-10-8-7-9-20(21)23(2,3)4)12-11-24-22(27)17-13-18(28-5)15-19(14-17)29-6/h7-10,13-15H,11-12H2,1-6H3,(H,24,27). The Balaban J connectivity index is 2.14. The Morgan fingerprint density at radius 2 is 1.59 bits per heavy atom. The van der Waals surface area contributed by atoms with Gasteiger partial charge in [0.1, 0.15) is 11.5 Å². The third-order valence-corrected chi connectivity index (χ3v) is 4.62. The zero-order valence-corrected chi connectivity index (χ0v) is 18.0. The molecule has 0 aromatic heterocycles. The lowest BCUT2D eigenvalue weighted by atomic mass is 9.85. The first-order chi connectivity index (χ1) is 13.7. The van der Waals surface area contributed by atoms with E-state index in [-0.39, 0.29) is 17.2 Å².